The molecule has 30 heavy (non-hydrogen) atoms. The molecule has 0 bridgehead atoms. The Kier molecular flexibility index (Phi) is 5.52. The predicted octanol–water partition coefficient (Wildman–Crippen LogP) is 3.82. The van der Waals surface area contributed by atoms with E-state index in [0.717, 1.165) is 35.4 Å². The molecule has 0 spiro atoms. The smallest absolute Gasteiger partial charge is 0.237 e. The maximum Gasteiger partial charge on any atom is 0.237 e. The second-order valence-electron chi connectivity index (χ2n) is 6.87. The third-order valence-electron chi connectivity index (χ3n) is 4.74. The van der Waals surface area contributed by atoms with Crippen LogP contribution in [-0.4, -0.2) is 51.2 Å². The quantitative estimate of drug-likeness (QED) is 0.419. The molecule has 0 aliphatic carbocycles. The van der Waals surface area contributed by atoms with Crippen molar-refractivity contribution in [1.82, 2.24) is 24.9 Å². The summed E-state index contributed by atoms with van der Waals surface area (Å²) < 4.78 is 13.0. The molecule has 10 heteroatoms. The zero-order valence-corrected chi connectivity index (χ0v) is 18.0. The zero-order chi connectivity index (χ0) is 20.3. The van der Waals surface area contributed by atoms with Crippen LogP contribution in [0.25, 0.3) is 17.1 Å². The fraction of sp³-hybridized carbons (Fsp3) is 0.300. The summed E-state index contributed by atoms with van der Waals surface area (Å²) in [5.41, 5.74) is 3.19. The van der Waals surface area contributed by atoms with Crippen molar-refractivity contribution in [2.24, 2.45) is 0 Å². The van der Waals surface area contributed by atoms with Crippen molar-refractivity contribution in [3.63, 3.8) is 0 Å². The van der Waals surface area contributed by atoms with Crippen molar-refractivity contribution in [2.75, 3.05) is 31.2 Å². The van der Waals surface area contributed by atoms with Gasteiger partial charge in [0.25, 0.3) is 0 Å². The number of aromatic nitrogens is 5. The lowest BCUT2D eigenvalue weighted by Gasteiger charge is -2.28. The monoisotopic (exact) mass is 440 g/mol. The van der Waals surface area contributed by atoms with Crippen LogP contribution in [0.5, 0.6) is 0 Å². The summed E-state index contributed by atoms with van der Waals surface area (Å²) in [6.07, 6.45) is 0. The highest BCUT2D eigenvalue weighted by molar-refractivity contribution is 7.98. The van der Waals surface area contributed by atoms with Gasteiger partial charge in [-0.05, 0) is 36.1 Å². The standard InChI is InChI=1S/C20H20N6O2S2/c1-14-3-2-4-16(11-14)26-19(25-6-8-27-9-7-25)22-23-20(26)30-13-17-21-18(24-28-17)15-5-10-29-12-15/h2-5,10-12H,6-9,13H2,1H3. The van der Waals surface area contributed by atoms with E-state index in [2.05, 4.69) is 54.9 Å². The van der Waals surface area contributed by atoms with E-state index in [9.17, 15) is 0 Å². The fourth-order valence-corrected chi connectivity index (χ4v) is 4.68. The number of ether oxygens (including phenoxy) is 1. The Morgan fingerprint density at radius 2 is 2.07 bits per heavy atom. The molecule has 0 unspecified atom stereocenters. The van der Waals surface area contributed by atoms with Crippen LogP contribution in [0.4, 0.5) is 5.95 Å². The number of aryl methyl sites for hydroxylation is 1. The summed E-state index contributed by atoms with van der Waals surface area (Å²) in [5.74, 6) is 2.52. The molecule has 1 aromatic carbocycles. The zero-order valence-electron chi connectivity index (χ0n) is 16.4. The van der Waals surface area contributed by atoms with Gasteiger partial charge in [-0.2, -0.15) is 16.3 Å². The van der Waals surface area contributed by atoms with Crippen molar-refractivity contribution >= 4 is 29.0 Å². The van der Waals surface area contributed by atoms with Gasteiger partial charge in [-0.15, -0.1) is 10.2 Å². The number of benzene rings is 1. The Labute approximate surface area is 181 Å². The van der Waals surface area contributed by atoms with Gasteiger partial charge >= 0.3 is 0 Å². The van der Waals surface area contributed by atoms with E-state index in [4.69, 9.17) is 9.26 Å². The summed E-state index contributed by atoms with van der Waals surface area (Å²) in [5, 5.41) is 17.9. The Hall–Kier alpha value is -2.69. The van der Waals surface area contributed by atoms with E-state index in [1.807, 2.05) is 22.9 Å². The molecule has 154 valence electrons. The Morgan fingerprint density at radius 3 is 2.87 bits per heavy atom. The number of thioether (sulfide) groups is 1. The van der Waals surface area contributed by atoms with E-state index in [0.29, 0.717) is 30.7 Å². The largest absolute Gasteiger partial charge is 0.378 e. The van der Waals surface area contributed by atoms with Crippen molar-refractivity contribution in [3.8, 4) is 17.1 Å². The molecule has 0 radical (unpaired) electrons. The lowest BCUT2D eigenvalue weighted by molar-refractivity contribution is 0.122. The van der Waals surface area contributed by atoms with Crippen molar-refractivity contribution in [1.29, 1.82) is 0 Å². The molecule has 4 aromatic rings. The van der Waals surface area contributed by atoms with Gasteiger partial charge in [-0.25, -0.2) is 0 Å². The number of rotatable bonds is 6. The highest BCUT2D eigenvalue weighted by atomic mass is 32.2. The normalized spacial score (nSPS) is 14.4. The van der Waals surface area contributed by atoms with Crippen molar-refractivity contribution < 1.29 is 9.26 Å². The molecule has 0 saturated carbocycles. The summed E-state index contributed by atoms with van der Waals surface area (Å²) in [6, 6.07) is 10.3. The molecule has 1 fully saturated rings. The van der Waals surface area contributed by atoms with Gasteiger partial charge in [0.05, 0.1) is 24.7 Å². The predicted molar refractivity (Wildman–Crippen MR) is 116 cm³/mol. The minimum absolute atomic E-state index is 0.518. The molecule has 3 aromatic heterocycles. The average molecular weight is 441 g/mol. The SMILES string of the molecule is Cc1cccc(-n2c(SCc3nc(-c4ccsc4)no3)nnc2N2CCOCC2)c1. The number of hydrogen-bond acceptors (Lipinski definition) is 9. The van der Waals surface area contributed by atoms with Crippen molar-refractivity contribution in [3.05, 3.63) is 52.5 Å². The van der Waals surface area contributed by atoms with Crippen LogP contribution in [0.1, 0.15) is 11.5 Å². The lowest BCUT2D eigenvalue weighted by Crippen LogP contribution is -2.37. The third kappa shape index (κ3) is 3.98. The van der Waals surface area contributed by atoms with Gasteiger partial charge in [0.1, 0.15) is 0 Å². The first-order valence-electron chi connectivity index (χ1n) is 9.61. The first kappa shape index (κ1) is 19.3. The van der Waals surface area contributed by atoms with Crippen LogP contribution in [0, 0.1) is 6.92 Å². The topological polar surface area (TPSA) is 82.1 Å². The highest BCUT2D eigenvalue weighted by Gasteiger charge is 2.22. The number of nitrogens with zero attached hydrogens (tertiary/aromatic N) is 6. The second kappa shape index (κ2) is 8.58. The Bertz CT molecular complexity index is 1120. The van der Waals surface area contributed by atoms with Crippen LogP contribution < -0.4 is 4.90 Å². The summed E-state index contributed by atoms with van der Waals surface area (Å²) in [6.45, 7) is 5.05. The van der Waals surface area contributed by atoms with Crippen molar-refractivity contribution in [2.45, 2.75) is 17.8 Å². The molecule has 5 rings (SSSR count). The van der Waals surface area contributed by atoms with Gasteiger partial charge in [0.2, 0.25) is 17.7 Å². The summed E-state index contributed by atoms with van der Waals surface area (Å²) in [4.78, 5) is 6.72. The molecule has 0 atom stereocenters. The van der Waals surface area contributed by atoms with Crippen LogP contribution in [0.3, 0.4) is 0 Å². The minimum atomic E-state index is 0.518. The number of hydrogen-bond donors (Lipinski definition) is 0. The molecular formula is C20H20N6O2S2. The molecule has 4 heterocycles. The minimum Gasteiger partial charge on any atom is -0.378 e. The molecule has 0 amide bonds. The maximum absolute atomic E-state index is 5.50. The van der Waals surface area contributed by atoms with Crippen LogP contribution in [0.2, 0.25) is 0 Å². The van der Waals surface area contributed by atoms with Crippen LogP contribution in [-0.2, 0) is 10.5 Å². The summed E-state index contributed by atoms with van der Waals surface area (Å²) in [7, 11) is 0. The van der Waals surface area contributed by atoms with Gasteiger partial charge in [-0.3, -0.25) is 4.57 Å². The number of thiophene rings is 1. The molecule has 8 nitrogen and oxygen atoms in total. The molecule has 0 N–H and O–H groups in total. The Balaban J connectivity index is 1.42. The number of morpholine rings is 1. The molecule has 1 aliphatic heterocycles. The molecular weight excluding hydrogens is 420 g/mol. The van der Waals surface area contributed by atoms with Crippen LogP contribution >= 0.6 is 23.1 Å². The first-order chi connectivity index (χ1) is 14.8. The van der Waals surface area contributed by atoms with E-state index in [-0.39, 0.29) is 0 Å². The van der Waals surface area contributed by atoms with Crippen LogP contribution in [0.15, 0.2) is 50.8 Å². The van der Waals surface area contributed by atoms with E-state index < -0.39 is 0 Å². The third-order valence-corrected chi connectivity index (χ3v) is 6.34. The molecule has 1 saturated heterocycles. The summed E-state index contributed by atoms with van der Waals surface area (Å²) >= 11 is 3.14. The second-order valence-corrected chi connectivity index (χ2v) is 8.59. The fourth-order valence-electron chi connectivity index (χ4n) is 3.27. The average Bonchev–Trinajstić information content (AvgIpc) is 3.53. The highest BCUT2D eigenvalue weighted by Crippen LogP contribution is 2.30. The van der Waals surface area contributed by atoms with E-state index in [1.54, 1.807) is 11.3 Å². The maximum atomic E-state index is 5.50. The van der Waals surface area contributed by atoms with E-state index >= 15 is 0 Å². The van der Waals surface area contributed by atoms with Gasteiger partial charge in [0, 0.05) is 24.0 Å². The van der Waals surface area contributed by atoms with E-state index in [1.165, 1.54) is 17.3 Å². The Morgan fingerprint density at radius 1 is 1.17 bits per heavy atom. The number of anilines is 1. The van der Waals surface area contributed by atoms with Gasteiger partial charge < -0.3 is 14.2 Å². The first-order valence-corrected chi connectivity index (χ1v) is 11.5. The lowest BCUT2D eigenvalue weighted by atomic mass is 10.2. The van der Waals surface area contributed by atoms with Gasteiger partial charge in [0.15, 0.2) is 5.16 Å². The molecule has 1 aliphatic rings. The van der Waals surface area contributed by atoms with Gasteiger partial charge in [-0.1, -0.05) is 29.1 Å².